The minimum Gasteiger partial charge on any atom is -0.309 e. The van der Waals surface area contributed by atoms with E-state index in [1.165, 1.54) is 77.2 Å². The molecule has 0 unspecified atom stereocenters. The number of fused-ring (bicyclic) bond motifs is 10. The number of hydrogen-bond donors (Lipinski definition) is 0. The van der Waals surface area contributed by atoms with Crippen molar-refractivity contribution in [3.05, 3.63) is 116 Å². The van der Waals surface area contributed by atoms with E-state index in [1.54, 1.807) is 0 Å². The fourth-order valence-electron chi connectivity index (χ4n) is 7.83. The maximum atomic E-state index is 3.74. The van der Waals surface area contributed by atoms with Gasteiger partial charge in [0.05, 0.1) is 33.4 Å². The summed E-state index contributed by atoms with van der Waals surface area (Å²) in [6, 6.07) is 32.1. The molecule has 0 aliphatic carbocycles. The zero-order valence-electron chi connectivity index (χ0n) is 22.7. The molecule has 4 heteroatoms. The summed E-state index contributed by atoms with van der Waals surface area (Å²) in [6.07, 6.45) is 0. The third kappa shape index (κ3) is 2.61. The second kappa shape index (κ2) is 7.29. The van der Waals surface area contributed by atoms with Gasteiger partial charge in [0.2, 0.25) is 0 Å². The first-order chi connectivity index (χ1) is 19.2. The summed E-state index contributed by atoms with van der Waals surface area (Å²) in [5, 5.41) is 5.22. The lowest BCUT2D eigenvalue weighted by Gasteiger charge is -2.40. The van der Waals surface area contributed by atoms with Gasteiger partial charge in [0.25, 0.3) is 0 Å². The van der Waals surface area contributed by atoms with Crippen molar-refractivity contribution < 1.29 is 0 Å². The van der Waals surface area contributed by atoms with Crippen molar-refractivity contribution in [1.29, 1.82) is 0 Å². The highest BCUT2D eigenvalue weighted by Gasteiger charge is 2.40. The Labute approximate surface area is 249 Å². The predicted molar refractivity (Wildman–Crippen MR) is 175 cm³/mol. The Kier molecular flexibility index (Phi) is 4.26. The van der Waals surface area contributed by atoms with Crippen molar-refractivity contribution in [2.45, 2.75) is 38.5 Å². The van der Waals surface area contributed by atoms with E-state index >= 15 is 0 Å². The monoisotopic (exact) mass is 644 g/mol. The summed E-state index contributed by atoms with van der Waals surface area (Å²) in [7, 11) is 0. The molecule has 2 aromatic heterocycles. The van der Waals surface area contributed by atoms with Crippen molar-refractivity contribution in [1.82, 2.24) is 9.13 Å². The molecular formula is C36H26Br2N2. The van der Waals surface area contributed by atoms with Gasteiger partial charge in [0.1, 0.15) is 0 Å². The first-order valence-electron chi connectivity index (χ1n) is 13.8. The first-order valence-corrected chi connectivity index (χ1v) is 15.4. The lowest BCUT2D eigenvalue weighted by Crippen LogP contribution is -2.31. The number of aromatic nitrogens is 2. The quantitative estimate of drug-likeness (QED) is 0.155. The van der Waals surface area contributed by atoms with Crippen LogP contribution >= 0.6 is 31.9 Å². The minimum absolute atomic E-state index is 0.155. The fraction of sp³-hybridized carbons (Fsp3) is 0.167. The fourth-order valence-corrected chi connectivity index (χ4v) is 8.55. The van der Waals surface area contributed by atoms with Gasteiger partial charge in [-0.25, -0.2) is 0 Å². The van der Waals surface area contributed by atoms with Crippen LogP contribution in [0.3, 0.4) is 0 Å². The summed E-state index contributed by atoms with van der Waals surface area (Å²) >= 11 is 7.47. The average Bonchev–Trinajstić information content (AvgIpc) is 3.43. The lowest BCUT2D eigenvalue weighted by molar-refractivity contribution is 0.610. The van der Waals surface area contributed by atoms with Crippen LogP contribution in [0.5, 0.6) is 0 Å². The second-order valence-corrected chi connectivity index (χ2v) is 14.4. The molecule has 0 N–H and O–H groups in total. The maximum Gasteiger partial charge on any atom is 0.0582 e. The Hall–Kier alpha value is -3.34. The molecule has 7 aromatic rings. The molecule has 0 radical (unpaired) electrons. The average molecular weight is 646 g/mol. The zero-order valence-corrected chi connectivity index (χ0v) is 25.9. The normalized spacial score (nSPS) is 16.1. The molecule has 2 nitrogen and oxygen atoms in total. The van der Waals surface area contributed by atoms with Gasteiger partial charge < -0.3 is 9.13 Å². The topological polar surface area (TPSA) is 9.86 Å². The Balaban J connectivity index is 1.49. The van der Waals surface area contributed by atoms with Crippen LogP contribution in [0, 0.1) is 0 Å². The zero-order chi connectivity index (χ0) is 27.3. The highest BCUT2D eigenvalue weighted by atomic mass is 79.9. The van der Waals surface area contributed by atoms with E-state index in [1.807, 2.05) is 0 Å². The van der Waals surface area contributed by atoms with E-state index < -0.39 is 0 Å². The number of hydrogen-bond acceptors (Lipinski definition) is 0. The molecule has 0 amide bonds. The van der Waals surface area contributed by atoms with Crippen LogP contribution in [0.2, 0.25) is 0 Å². The van der Waals surface area contributed by atoms with Crippen molar-refractivity contribution in [2.24, 2.45) is 0 Å². The molecular weight excluding hydrogens is 620 g/mol. The van der Waals surface area contributed by atoms with Gasteiger partial charge in [-0.1, -0.05) is 96.0 Å². The van der Waals surface area contributed by atoms with Gasteiger partial charge in [-0.15, -0.1) is 0 Å². The van der Waals surface area contributed by atoms with Crippen molar-refractivity contribution in [3.8, 4) is 11.4 Å². The number of halogens is 2. The Morgan fingerprint density at radius 3 is 1.32 bits per heavy atom. The van der Waals surface area contributed by atoms with Gasteiger partial charge in [0, 0.05) is 41.3 Å². The van der Waals surface area contributed by atoms with Gasteiger partial charge in [-0.2, -0.15) is 0 Å². The number of nitrogens with zero attached hydrogens (tertiary/aromatic N) is 2. The van der Waals surface area contributed by atoms with Crippen molar-refractivity contribution in [3.63, 3.8) is 0 Å². The molecule has 0 atom stereocenters. The van der Waals surface area contributed by atoms with E-state index in [-0.39, 0.29) is 10.8 Å². The molecule has 4 heterocycles. The van der Waals surface area contributed by atoms with Crippen LogP contribution < -0.4 is 0 Å². The van der Waals surface area contributed by atoms with E-state index in [2.05, 4.69) is 154 Å². The third-order valence-corrected chi connectivity index (χ3v) is 10.8. The Morgan fingerprint density at radius 2 is 0.900 bits per heavy atom. The van der Waals surface area contributed by atoms with Crippen LogP contribution in [0.15, 0.2) is 93.9 Å². The Bertz CT molecular complexity index is 2130. The largest absolute Gasteiger partial charge is 0.309 e. The number of rotatable bonds is 0. The van der Waals surface area contributed by atoms with Gasteiger partial charge in [-0.05, 0) is 70.8 Å². The number of benzene rings is 5. The summed E-state index contributed by atoms with van der Waals surface area (Å²) in [5.74, 6) is 0. The molecule has 40 heavy (non-hydrogen) atoms. The van der Waals surface area contributed by atoms with Crippen molar-refractivity contribution in [2.75, 3.05) is 0 Å². The molecule has 5 aromatic carbocycles. The summed E-state index contributed by atoms with van der Waals surface area (Å²) in [5.41, 5.74) is 13.0. The lowest BCUT2D eigenvalue weighted by atomic mass is 9.70. The van der Waals surface area contributed by atoms with Crippen molar-refractivity contribution >= 4 is 75.5 Å². The molecule has 0 spiro atoms. The molecule has 0 bridgehead atoms. The summed E-state index contributed by atoms with van der Waals surface area (Å²) in [6.45, 7) is 9.58. The first kappa shape index (κ1) is 23.4. The standard InChI is InChI=1S/C36H26Br2N2/c1-35(2)25-9-5-7-21-23-15-19(37)11-13-29(23)39(33(21)25)31-18-28-32(17-27(31)35)40-30-14-12-20(38)16-24(30)22-8-6-10-26(34(22)40)36(28,3)4/h5-18H,1-4H3. The van der Waals surface area contributed by atoms with E-state index in [0.29, 0.717) is 0 Å². The van der Waals surface area contributed by atoms with Gasteiger partial charge in [-0.3, -0.25) is 0 Å². The minimum atomic E-state index is -0.155. The second-order valence-electron chi connectivity index (χ2n) is 12.5. The predicted octanol–water partition coefficient (Wildman–Crippen LogP) is 10.7. The molecule has 0 saturated carbocycles. The van der Waals surface area contributed by atoms with Crippen LogP contribution in [0.4, 0.5) is 0 Å². The molecule has 2 aliphatic rings. The van der Waals surface area contributed by atoms with E-state index in [9.17, 15) is 0 Å². The third-order valence-electron chi connectivity index (χ3n) is 9.79. The maximum absolute atomic E-state index is 3.74. The van der Waals surface area contributed by atoms with E-state index in [4.69, 9.17) is 0 Å². The highest BCUT2D eigenvalue weighted by Crippen LogP contribution is 2.53. The smallest absolute Gasteiger partial charge is 0.0582 e. The molecule has 194 valence electrons. The van der Waals surface area contributed by atoms with Gasteiger partial charge >= 0.3 is 0 Å². The van der Waals surface area contributed by atoms with Crippen LogP contribution in [-0.4, -0.2) is 9.13 Å². The molecule has 0 fully saturated rings. The van der Waals surface area contributed by atoms with Crippen LogP contribution in [0.1, 0.15) is 49.9 Å². The summed E-state index contributed by atoms with van der Waals surface area (Å²) in [4.78, 5) is 0. The SMILES string of the molecule is CC1(C)c2cc3c(cc2-n2c4ccc(Br)cc4c4cccc1c42)C(C)(C)c1cccc2c4cc(Br)ccc4n-3c12. The molecule has 2 aliphatic heterocycles. The number of para-hydroxylation sites is 2. The highest BCUT2D eigenvalue weighted by molar-refractivity contribution is 9.10. The van der Waals surface area contributed by atoms with Crippen LogP contribution in [0.25, 0.3) is 55.0 Å². The van der Waals surface area contributed by atoms with Gasteiger partial charge in [0.15, 0.2) is 0 Å². The summed E-state index contributed by atoms with van der Waals surface area (Å²) < 4.78 is 7.29. The molecule has 0 saturated heterocycles. The van der Waals surface area contributed by atoms with Crippen LogP contribution in [-0.2, 0) is 10.8 Å². The van der Waals surface area contributed by atoms with E-state index in [0.717, 1.165) is 8.95 Å². The molecule has 9 rings (SSSR count). The Morgan fingerprint density at radius 1 is 0.475 bits per heavy atom.